The molecule has 0 saturated carbocycles. The zero-order chi connectivity index (χ0) is 12.4. The van der Waals surface area contributed by atoms with Crippen molar-refractivity contribution in [3.8, 4) is 0 Å². The molecule has 2 saturated heterocycles. The lowest BCUT2D eigenvalue weighted by atomic mass is 9.84. The smallest absolute Gasteiger partial charge is 0.187 e. The Balaban J connectivity index is 1.72. The fourth-order valence-corrected chi connectivity index (χ4v) is 3.11. The van der Waals surface area contributed by atoms with Crippen molar-refractivity contribution in [3.05, 3.63) is 41.2 Å². The van der Waals surface area contributed by atoms with E-state index in [0.717, 1.165) is 39.0 Å². The van der Waals surface area contributed by atoms with E-state index >= 15 is 0 Å². The minimum atomic E-state index is 0.119. The highest BCUT2D eigenvalue weighted by atomic mass is 16.5. The summed E-state index contributed by atoms with van der Waals surface area (Å²) in [7, 11) is 0. The van der Waals surface area contributed by atoms with Crippen LogP contribution in [0.2, 0.25) is 0 Å². The lowest BCUT2D eigenvalue weighted by Gasteiger charge is -2.33. The lowest BCUT2D eigenvalue weighted by molar-refractivity contribution is -0.0193. The average molecular weight is 242 g/mol. The number of benzene rings is 1. The van der Waals surface area contributed by atoms with Crippen molar-refractivity contribution in [2.45, 2.75) is 30.8 Å². The molecule has 1 unspecified atom stereocenters. The van der Waals surface area contributed by atoms with E-state index in [0.29, 0.717) is 11.6 Å². The highest BCUT2D eigenvalue weighted by Gasteiger charge is 2.41. The third kappa shape index (κ3) is 2.14. The van der Waals surface area contributed by atoms with E-state index in [9.17, 15) is 0 Å². The number of piperidine rings is 1. The molecule has 1 atom stereocenters. The highest BCUT2D eigenvalue weighted by Crippen LogP contribution is 2.41. The van der Waals surface area contributed by atoms with Crippen molar-refractivity contribution < 1.29 is 4.74 Å². The van der Waals surface area contributed by atoms with E-state index in [1.54, 1.807) is 0 Å². The average Bonchev–Trinajstić information content (AvgIpc) is 2.83. The second kappa shape index (κ2) is 4.72. The van der Waals surface area contributed by atoms with Gasteiger partial charge in [0.05, 0.1) is 18.8 Å². The Morgan fingerprint density at radius 1 is 1.22 bits per heavy atom. The van der Waals surface area contributed by atoms with Gasteiger partial charge >= 0.3 is 0 Å². The van der Waals surface area contributed by atoms with Crippen LogP contribution in [0.1, 0.15) is 30.7 Å². The third-order valence-electron chi connectivity index (χ3n) is 4.22. The van der Waals surface area contributed by atoms with E-state index in [4.69, 9.17) is 11.3 Å². The van der Waals surface area contributed by atoms with Gasteiger partial charge in [-0.3, -0.25) is 0 Å². The second-order valence-electron chi connectivity index (χ2n) is 5.35. The Morgan fingerprint density at radius 2 is 1.94 bits per heavy atom. The van der Waals surface area contributed by atoms with Gasteiger partial charge in [0.25, 0.3) is 0 Å². The molecule has 94 valence electrons. The molecule has 3 rings (SSSR count). The predicted molar refractivity (Wildman–Crippen MR) is 70.8 cm³/mol. The van der Waals surface area contributed by atoms with Crippen LogP contribution >= 0.6 is 0 Å². The Kier molecular flexibility index (Phi) is 3.07. The molecule has 2 aliphatic heterocycles. The molecule has 18 heavy (non-hydrogen) atoms. The first kappa shape index (κ1) is 11.7. The molecule has 1 aromatic carbocycles. The molecule has 0 aromatic heterocycles. The Hall–Kier alpha value is -1.37. The van der Waals surface area contributed by atoms with Crippen LogP contribution in [0.3, 0.4) is 0 Å². The monoisotopic (exact) mass is 242 g/mol. The minimum absolute atomic E-state index is 0.119. The maximum Gasteiger partial charge on any atom is 0.187 e. The van der Waals surface area contributed by atoms with Gasteiger partial charge in [-0.15, -0.1) is 0 Å². The summed E-state index contributed by atoms with van der Waals surface area (Å²) >= 11 is 0. The number of nitrogens with zero attached hydrogens (tertiary/aromatic N) is 1. The van der Waals surface area contributed by atoms with Gasteiger partial charge in [-0.05, 0) is 37.9 Å². The number of nitrogens with one attached hydrogen (secondary N) is 1. The molecule has 3 nitrogen and oxygen atoms in total. The predicted octanol–water partition coefficient (Wildman–Crippen LogP) is 2.86. The highest BCUT2D eigenvalue weighted by molar-refractivity contribution is 5.46. The Bertz CT molecular complexity index is 454. The third-order valence-corrected chi connectivity index (χ3v) is 4.22. The van der Waals surface area contributed by atoms with Crippen LogP contribution in [0.15, 0.2) is 24.3 Å². The fourth-order valence-electron chi connectivity index (χ4n) is 3.11. The van der Waals surface area contributed by atoms with Crippen LogP contribution in [-0.4, -0.2) is 25.3 Å². The summed E-state index contributed by atoms with van der Waals surface area (Å²) in [5.41, 5.74) is 2.15. The minimum Gasteiger partial charge on any atom is -0.374 e. The number of ether oxygens (including phenoxy) is 1. The number of rotatable bonds is 1. The number of hydrogen-bond acceptors (Lipinski definition) is 2. The van der Waals surface area contributed by atoms with Gasteiger partial charge in [-0.1, -0.05) is 24.3 Å². The zero-order valence-electron chi connectivity index (χ0n) is 10.5. The van der Waals surface area contributed by atoms with Gasteiger partial charge in [-0.25, -0.2) is 4.85 Å². The molecule has 3 heteroatoms. The summed E-state index contributed by atoms with van der Waals surface area (Å²) in [6.07, 6.45) is 3.39. The van der Waals surface area contributed by atoms with Gasteiger partial charge in [0.1, 0.15) is 0 Å². The van der Waals surface area contributed by atoms with Crippen molar-refractivity contribution in [2.24, 2.45) is 0 Å². The van der Waals surface area contributed by atoms with Crippen molar-refractivity contribution in [1.29, 1.82) is 0 Å². The summed E-state index contributed by atoms with van der Waals surface area (Å²) in [6, 6.07) is 7.99. The standard InChI is InChI=1S/C15H18N2O/c1-16-14-4-2-12(3-5-14)13-10-15(18-11-13)6-8-17-9-7-15/h2-5,13,17H,6-11H2. The molecule has 0 amide bonds. The molecule has 1 N–H and O–H groups in total. The van der Waals surface area contributed by atoms with Crippen molar-refractivity contribution >= 4 is 5.69 Å². The van der Waals surface area contributed by atoms with Crippen molar-refractivity contribution in [1.82, 2.24) is 5.32 Å². The lowest BCUT2D eigenvalue weighted by Crippen LogP contribution is -2.41. The maximum atomic E-state index is 6.97. The molecular weight excluding hydrogens is 224 g/mol. The quantitative estimate of drug-likeness (QED) is 0.766. The van der Waals surface area contributed by atoms with Crippen molar-refractivity contribution in [3.63, 3.8) is 0 Å². The largest absolute Gasteiger partial charge is 0.374 e. The molecule has 2 aliphatic rings. The van der Waals surface area contributed by atoms with E-state index in [1.165, 1.54) is 5.56 Å². The van der Waals surface area contributed by atoms with Crippen LogP contribution in [0.4, 0.5) is 5.69 Å². The molecule has 1 spiro atoms. The van der Waals surface area contributed by atoms with Crippen LogP contribution in [-0.2, 0) is 4.74 Å². The summed E-state index contributed by atoms with van der Waals surface area (Å²) < 4.78 is 6.10. The molecule has 2 heterocycles. The van der Waals surface area contributed by atoms with Gasteiger partial charge in [0.2, 0.25) is 0 Å². The fraction of sp³-hybridized carbons (Fsp3) is 0.533. The topological polar surface area (TPSA) is 25.6 Å². The summed E-state index contributed by atoms with van der Waals surface area (Å²) in [4.78, 5) is 3.43. The van der Waals surface area contributed by atoms with E-state index in [1.807, 2.05) is 12.1 Å². The molecule has 0 aliphatic carbocycles. The van der Waals surface area contributed by atoms with Gasteiger partial charge in [0, 0.05) is 5.92 Å². The van der Waals surface area contributed by atoms with Gasteiger partial charge in [-0.2, -0.15) is 0 Å². The van der Waals surface area contributed by atoms with Crippen molar-refractivity contribution in [2.75, 3.05) is 19.7 Å². The van der Waals surface area contributed by atoms with Crippen LogP contribution in [0, 0.1) is 6.57 Å². The summed E-state index contributed by atoms with van der Waals surface area (Å²) in [5, 5.41) is 3.39. The first-order valence-electron chi connectivity index (χ1n) is 6.63. The molecule has 0 radical (unpaired) electrons. The first-order chi connectivity index (χ1) is 8.81. The van der Waals surface area contributed by atoms with Crippen LogP contribution in [0.25, 0.3) is 4.85 Å². The summed E-state index contributed by atoms with van der Waals surface area (Å²) in [5.74, 6) is 0.503. The van der Waals surface area contributed by atoms with Crippen LogP contribution in [0.5, 0.6) is 0 Å². The van der Waals surface area contributed by atoms with Gasteiger partial charge in [0.15, 0.2) is 5.69 Å². The van der Waals surface area contributed by atoms with E-state index in [2.05, 4.69) is 22.3 Å². The molecular formula is C15H18N2O. The van der Waals surface area contributed by atoms with Gasteiger partial charge < -0.3 is 10.1 Å². The Morgan fingerprint density at radius 3 is 2.61 bits per heavy atom. The maximum absolute atomic E-state index is 6.97. The first-order valence-corrected chi connectivity index (χ1v) is 6.63. The summed E-state index contributed by atoms with van der Waals surface area (Å²) in [6.45, 7) is 9.95. The molecule has 1 aromatic rings. The zero-order valence-corrected chi connectivity index (χ0v) is 10.5. The Labute approximate surface area is 108 Å². The normalized spacial score (nSPS) is 26.1. The SMILES string of the molecule is [C-]#[N+]c1ccc(C2COC3(CCNCC3)C2)cc1. The van der Waals surface area contributed by atoms with Crippen LogP contribution < -0.4 is 5.32 Å². The van der Waals surface area contributed by atoms with E-state index in [-0.39, 0.29) is 5.60 Å². The number of hydrogen-bond donors (Lipinski definition) is 1. The molecule has 2 fully saturated rings. The second-order valence-corrected chi connectivity index (χ2v) is 5.35. The molecule has 0 bridgehead atoms. The van der Waals surface area contributed by atoms with E-state index < -0.39 is 0 Å².